The van der Waals surface area contributed by atoms with E-state index < -0.39 is 9.84 Å². The summed E-state index contributed by atoms with van der Waals surface area (Å²) in [4.78, 5) is 16.7. The highest BCUT2D eigenvalue weighted by molar-refractivity contribution is 7.92. The Labute approximate surface area is 231 Å². The molecule has 4 rings (SSSR count). The molecule has 4 heterocycles. The van der Waals surface area contributed by atoms with Crippen LogP contribution in [0.4, 0.5) is 0 Å². The predicted octanol–water partition coefficient (Wildman–Crippen LogP) is 4.48. The van der Waals surface area contributed by atoms with Crippen LogP contribution in [0.1, 0.15) is 83.0 Å². The molecular formula is C29H52N6O2S. The van der Waals surface area contributed by atoms with Gasteiger partial charge in [-0.25, -0.2) is 18.4 Å². The summed E-state index contributed by atoms with van der Waals surface area (Å²) in [5.74, 6) is 2.18. The molecule has 38 heavy (non-hydrogen) atoms. The second-order valence-corrected chi connectivity index (χ2v) is 15.8. The van der Waals surface area contributed by atoms with E-state index in [0.717, 1.165) is 23.9 Å². The summed E-state index contributed by atoms with van der Waals surface area (Å²) in [5.41, 5.74) is 4.65. The molecule has 8 nitrogen and oxygen atoms in total. The first-order valence-electron chi connectivity index (χ1n) is 14.2. The maximum atomic E-state index is 12.2. The topological polar surface area (TPSA) is 87.1 Å². The molecule has 0 bridgehead atoms. The zero-order chi connectivity index (χ0) is 28.5. The maximum Gasteiger partial charge on any atom is 0.156 e. The van der Waals surface area contributed by atoms with Gasteiger partial charge in [0.1, 0.15) is 5.82 Å². The first-order valence-corrected chi connectivity index (χ1v) is 15.9. The summed E-state index contributed by atoms with van der Waals surface area (Å²) < 4.78 is 26.9. The first kappa shape index (κ1) is 30.8. The van der Waals surface area contributed by atoms with Crippen LogP contribution in [-0.2, 0) is 22.8 Å². The van der Waals surface area contributed by atoms with Crippen molar-refractivity contribution in [3.8, 4) is 0 Å². The summed E-state index contributed by atoms with van der Waals surface area (Å²) in [6.45, 7) is 26.6. The van der Waals surface area contributed by atoms with Gasteiger partial charge in [0.05, 0.1) is 28.7 Å². The van der Waals surface area contributed by atoms with Crippen molar-refractivity contribution >= 4 is 9.84 Å². The van der Waals surface area contributed by atoms with E-state index in [1.54, 1.807) is 6.33 Å². The predicted molar refractivity (Wildman–Crippen MR) is 156 cm³/mol. The molecule has 2 aromatic rings. The van der Waals surface area contributed by atoms with Crippen LogP contribution < -0.4 is 0 Å². The van der Waals surface area contributed by atoms with Crippen molar-refractivity contribution in [3.63, 3.8) is 0 Å². The molecule has 216 valence electrons. The van der Waals surface area contributed by atoms with Crippen molar-refractivity contribution in [2.45, 2.75) is 111 Å². The zero-order valence-corrected chi connectivity index (χ0v) is 26.4. The van der Waals surface area contributed by atoms with E-state index in [4.69, 9.17) is 0 Å². The maximum absolute atomic E-state index is 12.2. The molecular weight excluding hydrogens is 496 g/mol. The number of aromatic nitrogens is 4. The van der Waals surface area contributed by atoms with Gasteiger partial charge >= 0.3 is 0 Å². The number of sulfone groups is 1. The lowest BCUT2D eigenvalue weighted by Crippen LogP contribution is -2.54. The van der Waals surface area contributed by atoms with Crippen molar-refractivity contribution in [1.82, 2.24) is 29.3 Å². The second kappa shape index (κ2) is 11.8. The molecule has 0 saturated carbocycles. The Morgan fingerprint density at radius 3 is 2.13 bits per heavy atom. The fraction of sp³-hybridized carbons (Fsp3) is 0.793. The van der Waals surface area contributed by atoms with E-state index in [1.807, 2.05) is 6.92 Å². The summed E-state index contributed by atoms with van der Waals surface area (Å²) in [6.07, 6.45) is 4.81. The van der Waals surface area contributed by atoms with Crippen LogP contribution in [0.2, 0.25) is 0 Å². The number of H-pyrrole nitrogens is 1. The number of nitrogens with zero attached hydrogens (tertiary/aromatic N) is 5. The van der Waals surface area contributed by atoms with E-state index in [0.29, 0.717) is 25.0 Å². The molecule has 2 aromatic heterocycles. The molecule has 9 heteroatoms. The first-order chi connectivity index (χ1) is 17.5. The Kier molecular flexibility index (Phi) is 9.58. The third-order valence-electron chi connectivity index (χ3n) is 8.44. The summed E-state index contributed by atoms with van der Waals surface area (Å²) in [6, 6.07) is 0. The minimum absolute atomic E-state index is 0.00874. The number of hydrogen-bond acceptors (Lipinski definition) is 6. The molecule has 2 aliphatic rings. The largest absolute Gasteiger partial charge is 0.348 e. The van der Waals surface area contributed by atoms with Gasteiger partial charge in [0.2, 0.25) is 0 Å². The third kappa shape index (κ3) is 7.69. The minimum atomic E-state index is -3.01. The minimum Gasteiger partial charge on any atom is -0.348 e. The summed E-state index contributed by atoms with van der Waals surface area (Å²) in [5, 5.41) is -0.345. The quantitative estimate of drug-likeness (QED) is 0.606. The van der Waals surface area contributed by atoms with Crippen molar-refractivity contribution in [2.75, 3.05) is 31.9 Å². The van der Waals surface area contributed by atoms with Crippen LogP contribution in [0.5, 0.6) is 0 Å². The van der Waals surface area contributed by atoms with Crippen molar-refractivity contribution in [3.05, 3.63) is 34.9 Å². The van der Waals surface area contributed by atoms with Gasteiger partial charge in [0.15, 0.2) is 9.84 Å². The third-order valence-corrected chi connectivity index (χ3v) is 10.5. The van der Waals surface area contributed by atoms with Crippen LogP contribution in [0.3, 0.4) is 0 Å². The molecule has 2 aliphatic heterocycles. The van der Waals surface area contributed by atoms with E-state index in [1.165, 1.54) is 43.1 Å². The van der Waals surface area contributed by atoms with Crippen LogP contribution in [-0.4, -0.2) is 86.0 Å². The Morgan fingerprint density at radius 1 is 0.974 bits per heavy atom. The average Bonchev–Trinajstić information content (AvgIpc) is 3.31. The van der Waals surface area contributed by atoms with Gasteiger partial charge in [-0.15, -0.1) is 0 Å². The lowest BCUT2D eigenvalue weighted by molar-refractivity contribution is 0.0730. The number of likely N-dealkylation sites (tertiary alicyclic amines) is 1. The van der Waals surface area contributed by atoms with Gasteiger partial charge in [-0.1, -0.05) is 0 Å². The Morgan fingerprint density at radius 2 is 1.61 bits per heavy atom. The molecule has 2 saturated heterocycles. The number of hydrogen-bond donors (Lipinski definition) is 1. The Hall–Kier alpha value is -1.71. The molecule has 0 aromatic carbocycles. The number of aromatic amines is 1. The molecule has 1 unspecified atom stereocenters. The van der Waals surface area contributed by atoms with Gasteiger partial charge in [0, 0.05) is 55.1 Å². The highest BCUT2D eigenvalue weighted by Gasteiger charge is 2.37. The van der Waals surface area contributed by atoms with Crippen LogP contribution in [0.15, 0.2) is 6.33 Å². The lowest BCUT2D eigenvalue weighted by atomic mass is 9.93. The normalized spacial score (nSPS) is 23.2. The molecule has 0 aliphatic carbocycles. The lowest BCUT2D eigenvalue weighted by Gasteiger charge is -2.41. The van der Waals surface area contributed by atoms with E-state index in [-0.39, 0.29) is 16.5 Å². The Balaban J connectivity index is 0.000000211. The average molecular weight is 549 g/mol. The Bertz CT molecular complexity index is 1170. The highest BCUT2D eigenvalue weighted by Crippen LogP contribution is 2.26. The smallest absolute Gasteiger partial charge is 0.156 e. The van der Waals surface area contributed by atoms with Gasteiger partial charge < -0.3 is 9.55 Å². The van der Waals surface area contributed by atoms with Crippen molar-refractivity contribution in [1.29, 1.82) is 0 Å². The van der Waals surface area contributed by atoms with E-state index in [9.17, 15) is 8.42 Å². The monoisotopic (exact) mass is 548 g/mol. The number of imidazole rings is 2. The summed E-state index contributed by atoms with van der Waals surface area (Å²) >= 11 is 0. The van der Waals surface area contributed by atoms with E-state index >= 15 is 0 Å². The van der Waals surface area contributed by atoms with Gasteiger partial charge in [-0.2, -0.15) is 0 Å². The summed E-state index contributed by atoms with van der Waals surface area (Å²) in [7, 11) is -3.01. The molecule has 0 spiro atoms. The van der Waals surface area contributed by atoms with Gasteiger partial charge in [0.25, 0.3) is 0 Å². The van der Waals surface area contributed by atoms with Crippen LogP contribution >= 0.6 is 0 Å². The van der Waals surface area contributed by atoms with Gasteiger partial charge in [-0.3, -0.25) is 9.80 Å². The second-order valence-electron chi connectivity index (χ2n) is 13.3. The molecule has 0 amide bonds. The van der Waals surface area contributed by atoms with E-state index in [2.05, 4.69) is 91.6 Å². The standard InChI is InChI=1S/C16H29N3.C13H23N3O2S/c1-12-13(2)19(14(3)17-12)11-15-8-7-9-18(10-15)16(4,5)6;1-10-12(15-9-14-10)7-11-8-16(13(2,3)4)5-6-19(11,17)18/h15H,7-11H2,1-6H3;9,11H,5-8H2,1-4H3,(H,14,15)/t15-;/m0./s1. The molecule has 2 atom stereocenters. The fourth-order valence-corrected chi connectivity index (χ4v) is 7.26. The fourth-order valence-electron chi connectivity index (χ4n) is 5.64. The molecule has 0 radical (unpaired) electrons. The van der Waals surface area contributed by atoms with Gasteiger partial charge in [-0.05, 0) is 94.5 Å². The van der Waals surface area contributed by atoms with Crippen molar-refractivity contribution < 1.29 is 8.42 Å². The SMILES string of the molecule is Cc1[nH]cnc1CC1CN(C(C)(C)C)CCS1(=O)=O.Cc1nc(C)n(C[C@H]2CCCN(C(C)(C)C)C2)c1C. The van der Waals surface area contributed by atoms with Crippen LogP contribution in [0.25, 0.3) is 0 Å². The number of nitrogens with one attached hydrogen (secondary N) is 1. The number of rotatable bonds is 4. The molecule has 2 fully saturated rings. The van der Waals surface area contributed by atoms with Crippen LogP contribution in [0, 0.1) is 33.6 Å². The molecule has 1 N–H and O–H groups in total. The highest BCUT2D eigenvalue weighted by atomic mass is 32.2. The number of aryl methyl sites for hydroxylation is 3. The van der Waals surface area contributed by atoms with Crippen molar-refractivity contribution in [2.24, 2.45) is 5.92 Å². The zero-order valence-electron chi connectivity index (χ0n) is 25.6. The number of piperidine rings is 1.